The van der Waals surface area contributed by atoms with Crippen molar-refractivity contribution in [2.24, 2.45) is 0 Å². The first-order valence-corrected chi connectivity index (χ1v) is 3.64. The average molecular weight is 209 g/mol. The van der Waals surface area contributed by atoms with Crippen LogP contribution in [0.1, 0.15) is 0 Å². The van der Waals surface area contributed by atoms with E-state index in [2.05, 4.69) is 4.74 Å². The second-order valence-electron chi connectivity index (χ2n) is 2.52. The first kappa shape index (κ1) is 10.6. The van der Waals surface area contributed by atoms with E-state index in [9.17, 15) is 17.7 Å². The van der Waals surface area contributed by atoms with Crippen LogP contribution in [-0.2, 0) is 0 Å². The second kappa shape index (κ2) is 3.73. The van der Waals surface area contributed by atoms with Crippen molar-refractivity contribution in [1.82, 2.24) is 0 Å². The number of hydrogen-bond acceptors (Lipinski definition) is 2. The van der Waals surface area contributed by atoms with Crippen molar-refractivity contribution >= 4 is 5.69 Å². The van der Waals surface area contributed by atoms with Crippen LogP contribution < -0.4 is 9.86 Å². The van der Waals surface area contributed by atoms with Crippen molar-refractivity contribution in [1.29, 1.82) is 0 Å². The summed E-state index contributed by atoms with van der Waals surface area (Å²) in [5.41, 5.74) is 0.152. The smallest absolute Gasteiger partial charge is 0.406 e. The number of anilines is 1. The van der Waals surface area contributed by atoms with E-state index in [-0.39, 0.29) is 16.6 Å². The van der Waals surface area contributed by atoms with Gasteiger partial charge in [-0.05, 0) is 24.3 Å². The Balaban J connectivity index is 2.74. The number of halogens is 4. The highest BCUT2D eigenvalue weighted by Gasteiger charge is 2.30. The number of hydrogen-bond donors (Lipinski definition) is 0. The Morgan fingerprint density at radius 1 is 1.14 bits per heavy atom. The number of nitrogens with zero attached hydrogens (tertiary/aromatic N) is 1. The fourth-order valence-electron chi connectivity index (χ4n) is 0.853. The number of benzene rings is 1. The second-order valence-corrected chi connectivity index (χ2v) is 2.52. The summed E-state index contributed by atoms with van der Waals surface area (Å²) in [5, 5.41) is 0.289. The molecule has 0 atom stereocenters. The Hall–Kier alpha value is -1.46. The Morgan fingerprint density at radius 2 is 1.64 bits per heavy atom. The van der Waals surface area contributed by atoms with Crippen molar-refractivity contribution in [3.8, 4) is 5.75 Å². The largest absolute Gasteiger partial charge is 0.573 e. The van der Waals surface area contributed by atoms with Crippen LogP contribution in [-0.4, -0.2) is 13.4 Å². The van der Waals surface area contributed by atoms with Crippen LogP contribution in [0.15, 0.2) is 24.3 Å². The SMILES string of the molecule is CN(F)c1ccc(OC(F)(F)F)cc1. The lowest BCUT2D eigenvalue weighted by Gasteiger charge is -2.10. The first-order chi connectivity index (χ1) is 6.38. The van der Waals surface area contributed by atoms with Crippen LogP contribution in [0.5, 0.6) is 5.75 Å². The van der Waals surface area contributed by atoms with Gasteiger partial charge in [0.15, 0.2) is 0 Å². The molecule has 0 aliphatic heterocycles. The molecular weight excluding hydrogens is 202 g/mol. The summed E-state index contributed by atoms with van der Waals surface area (Å²) in [4.78, 5) is 0. The van der Waals surface area contributed by atoms with E-state index >= 15 is 0 Å². The van der Waals surface area contributed by atoms with Gasteiger partial charge in [0.2, 0.25) is 0 Å². The average Bonchev–Trinajstić information content (AvgIpc) is 2.02. The minimum absolute atomic E-state index is 0.152. The van der Waals surface area contributed by atoms with E-state index in [4.69, 9.17) is 0 Å². The molecule has 78 valence electrons. The van der Waals surface area contributed by atoms with Crippen LogP contribution in [0.2, 0.25) is 0 Å². The summed E-state index contributed by atoms with van der Waals surface area (Å²) in [6.07, 6.45) is -4.72. The van der Waals surface area contributed by atoms with Crippen LogP contribution in [0.4, 0.5) is 23.3 Å². The van der Waals surface area contributed by atoms with Crippen molar-refractivity contribution in [2.45, 2.75) is 6.36 Å². The van der Waals surface area contributed by atoms with Gasteiger partial charge < -0.3 is 4.74 Å². The molecule has 14 heavy (non-hydrogen) atoms. The maximum absolute atomic E-state index is 12.5. The quantitative estimate of drug-likeness (QED) is 0.548. The van der Waals surface area contributed by atoms with E-state index < -0.39 is 6.36 Å². The summed E-state index contributed by atoms with van der Waals surface area (Å²) in [5.74, 6) is -0.372. The summed E-state index contributed by atoms with van der Waals surface area (Å²) >= 11 is 0. The standard InChI is InChI=1S/C8H7F4NO/c1-13(12)6-2-4-7(5-3-6)14-8(9,10)11/h2-5H,1H3. The van der Waals surface area contributed by atoms with Crippen LogP contribution in [0.3, 0.4) is 0 Å². The maximum Gasteiger partial charge on any atom is 0.573 e. The van der Waals surface area contributed by atoms with Crippen LogP contribution >= 0.6 is 0 Å². The minimum atomic E-state index is -4.72. The highest BCUT2D eigenvalue weighted by atomic mass is 19.4. The Labute approximate surface area is 77.6 Å². The van der Waals surface area contributed by atoms with Crippen LogP contribution in [0.25, 0.3) is 0 Å². The van der Waals surface area contributed by atoms with Crippen molar-refractivity contribution in [3.63, 3.8) is 0 Å². The van der Waals surface area contributed by atoms with Crippen LogP contribution in [0, 0.1) is 0 Å². The molecule has 1 rings (SSSR count). The van der Waals surface area contributed by atoms with E-state index in [1.165, 1.54) is 12.1 Å². The summed E-state index contributed by atoms with van der Waals surface area (Å²) in [6, 6.07) is 4.44. The van der Waals surface area contributed by atoms with Gasteiger partial charge in [-0.25, -0.2) is 5.12 Å². The molecule has 0 saturated heterocycles. The Kier molecular flexibility index (Phi) is 2.83. The summed E-state index contributed by atoms with van der Waals surface area (Å²) in [6.45, 7) is 0. The molecule has 0 radical (unpaired) electrons. The van der Waals surface area contributed by atoms with Gasteiger partial charge in [0.25, 0.3) is 0 Å². The Bertz CT molecular complexity index is 293. The van der Waals surface area contributed by atoms with E-state index in [1.54, 1.807) is 0 Å². The molecule has 0 bridgehead atoms. The zero-order chi connectivity index (χ0) is 10.8. The maximum atomic E-state index is 12.5. The lowest BCUT2D eigenvalue weighted by atomic mass is 10.3. The number of rotatable bonds is 2. The number of ether oxygens (including phenoxy) is 1. The molecule has 0 aliphatic carbocycles. The summed E-state index contributed by atoms with van der Waals surface area (Å²) < 4.78 is 51.2. The lowest BCUT2D eigenvalue weighted by Crippen LogP contribution is -2.17. The zero-order valence-corrected chi connectivity index (χ0v) is 7.18. The van der Waals surface area contributed by atoms with Gasteiger partial charge in [-0.1, -0.05) is 0 Å². The lowest BCUT2D eigenvalue weighted by molar-refractivity contribution is -0.274. The van der Waals surface area contributed by atoms with Crippen molar-refractivity contribution < 1.29 is 22.4 Å². The van der Waals surface area contributed by atoms with Gasteiger partial charge in [0, 0.05) is 7.05 Å². The van der Waals surface area contributed by atoms with E-state index in [0.717, 1.165) is 19.2 Å². The predicted molar refractivity (Wildman–Crippen MR) is 42.6 cm³/mol. The molecule has 0 N–H and O–H groups in total. The Morgan fingerprint density at radius 3 is 2.00 bits per heavy atom. The highest BCUT2D eigenvalue weighted by Crippen LogP contribution is 2.24. The summed E-state index contributed by atoms with van der Waals surface area (Å²) in [7, 11) is 1.14. The fraction of sp³-hybridized carbons (Fsp3) is 0.250. The molecule has 0 saturated carbocycles. The number of alkyl halides is 3. The zero-order valence-electron chi connectivity index (χ0n) is 7.18. The molecule has 0 unspecified atom stereocenters. The van der Waals surface area contributed by atoms with E-state index in [0.29, 0.717) is 0 Å². The molecule has 1 aromatic rings. The van der Waals surface area contributed by atoms with Gasteiger partial charge in [0.05, 0.1) is 5.69 Å². The molecule has 0 aliphatic rings. The third-order valence-corrected chi connectivity index (χ3v) is 1.43. The van der Waals surface area contributed by atoms with Gasteiger partial charge in [0.1, 0.15) is 5.75 Å². The molecule has 0 amide bonds. The van der Waals surface area contributed by atoms with Gasteiger partial charge in [-0.3, -0.25) is 0 Å². The third-order valence-electron chi connectivity index (χ3n) is 1.43. The monoisotopic (exact) mass is 209 g/mol. The van der Waals surface area contributed by atoms with Gasteiger partial charge >= 0.3 is 6.36 Å². The van der Waals surface area contributed by atoms with Crippen molar-refractivity contribution in [2.75, 3.05) is 12.2 Å². The van der Waals surface area contributed by atoms with Gasteiger partial charge in [-0.15, -0.1) is 17.7 Å². The molecular formula is C8H7F4NO. The van der Waals surface area contributed by atoms with Crippen molar-refractivity contribution in [3.05, 3.63) is 24.3 Å². The molecule has 2 nitrogen and oxygen atoms in total. The third kappa shape index (κ3) is 3.12. The molecule has 0 spiro atoms. The predicted octanol–water partition coefficient (Wildman–Crippen LogP) is 2.91. The van der Waals surface area contributed by atoms with E-state index in [1.807, 2.05) is 0 Å². The molecule has 1 aromatic carbocycles. The molecule has 0 fully saturated rings. The topological polar surface area (TPSA) is 12.5 Å². The fourth-order valence-corrected chi connectivity index (χ4v) is 0.853. The van der Waals surface area contributed by atoms with Gasteiger partial charge in [-0.2, -0.15) is 0 Å². The highest BCUT2D eigenvalue weighted by molar-refractivity contribution is 5.46. The first-order valence-electron chi connectivity index (χ1n) is 3.64. The molecule has 0 heterocycles. The molecule has 0 aromatic heterocycles. The minimum Gasteiger partial charge on any atom is -0.406 e. The normalized spacial score (nSPS) is 11.2. The molecule has 6 heteroatoms.